The van der Waals surface area contributed by atoms with Gasteiger partial charge in [0.25, 0.3) is 5.91 Å². The van der Waals surface area contributed by atoms with Crippen LogP contribution in [0.1, 0.15) is 17.2 Å². The minimum absolute atomic E-state index is 0.218. The topological polar surface area (TPSA) is 102 Å². The summed E-state index contributed by atoms with van der Waals surface area (Å²) in [4.78, 5) is 11.5. The van der Waals surface area contributed by atoms with Crippen LogP contribution in [0, 0.1) is 6.92 Å². The van der Waals surface area contributed by atoms with E-state index in [1.807, 2.05) is 4.72 Å². The average molecular weight is 296 g/mol. The smallest absolute Gasteiger partial charge is 0.257 e. The van der Waals surface area contributed by atoms with E-state index in [4.69, 9.17) is 4.42 Å². The fourth-order valence-electron chi connectivity index (χ4n) is 1.43. The molecule has 0 atom stereocenters. The highest BCUT2D eigenvalue weighted by Gasteiger charge is 2.15. The lowest BCUT2D eigenvalue weighted by Gasteiger charge is -2.01. The molecule has 0 radical (unpaired) electrons. The number of amides is 1. The van der Waals surface area contributed by atoms with Gasteiger partial charge in [-0.15, -0.1) is 0 Å². The van der Waals surface area contributed by atoms with Crippen LogP contribution >= 0.6 is 0 Å². The molecule has 20 heavy (non-hydrogen) atoms. The first kappa shape index (κ1) is 14.1. The van der Waals surface area contributed by atoms with Crippen LogP contribution in [-0.4, -0.2) is 19.5 Å². The molecular weight excluding hydrogens is 284 g/mol. The van der Waals surface area contributed by atoms with Crippen molar-refractivity contribution in [2.24, 2.45) is 0 Å². The predicted octanol–water partition coefficient (Wildman–Crippen LogP) is 1.24. The summed E-state index contributed by atoms with van der Waals surface area (Å²) in [6.45, 7) is 1.76. The number of nitrogens with zero attached hydrogens (tertiary/aromatic N) is 1. The summed E-state index contributed by atoms with van der Waals surface area (Å²) in [5.74, 6) is -0.0269. The van der Waals surface area contributed by atoms with E-state index in [9.17, 15) is 13.2 Å². The van der Waals surface area contributed by atoms with Crippen molar-refractivity contribution in [3.63, 3.8) is 0 Å². The summed E-state index contributed by atoms with van der Waals surface area (Å²) < 4.78 is 34.9. The van der Waals surface area contributed by atoms with Gasteiger partial charge in [-0.05, 0) is 25.1 Å². The Hall–Kier alpha value is -2.35. The van der Waals surface area contributed by atoms with Crippen molar-refractivity contribution in [2.75, 3.05) is 0 Å². The maximum Gasteiger partial charge on any atom is 0.257 e. The van der Waals surface area contributed by atoms with Crippen molar-refractivity contribution < 1.29 is 22.2 Å². The second kappa shape index (κ2) is 5.74. The van der Waals surface area contributed by atoms with Gasteiger partial charge in [0.2, 0.25) is 10.0 Å². The van der Waals surface area contributed by atoms with E-state index in [-0.39, 0.29) is 5.69 Å². The standard InChI is InChI=1S/C12H12N2O5S/c1-9-2-3-11(19-9)4-5-12(15)14-20(16,17)8-10-6-7-18-13-10/h2-7H,8H2,1H3,(H,14,15). The summed E-state index contributed by atoms with van der Waals surface area (Å²) >= 11 is 0. The maximum atomic E-state index is 11.7. The molecule has 106 valence electrons. The third-order valence-electron chi connectivity index (χ3n) is 2.25. The Kier molecular flexibility index (Phi) is 4.04. The lowest BCUT2D eigenvalue weighted by Crippen LogP contribution is -2.30. The monoisotopic (exact) mass is 296 g/mol. The molecule has 2 heterocycles. The van der Waals surface area contributed by atoms with Gasteiger partial charge in [0.05, 0.1) is 0 Å². The highest BCUT2D eigenvalue weighted by molar-refractivity contribution is 7.89. The van der Waals surface area contributed by atoms with Crippen LogP contribution in [0.25, 0.3) is 6.08 Å². The molecule has 0 aliphatic carbocycles. The molecule has 0 spiro atoms. The summed E-state index contributed by atoms with van der Waals surface area (Å²) in [6, 6.07) is 4.81. The number of aromatic nitrogens is 1. The fourth-order valence-corrected chi connectivity index (χ4v) is 2.42. The van der Waals surface area contributed by atoms with Crippen LogP contribution in [0.3, 0.4) is 0 Å². The molecule has 0 aliphatic heterocycles. The van der Waals surface area contributed by atoms with Crippen molar-refractivity contribution in [1.82, 2.24) is 9.88 Å². The maximum absolute atomic E-state index is 11.7. The number of hydrogen-bond donors (Lipinski definition) is 1. The van der Waals surface area contributed by atoms with Crippen LogP contribution in [0.15, 0.2) is 39.5 Å². The fraction of sp³-hybridized carbons (Fsp3) is 0.167. The molecule has 0 aromatic carbocycles. The first-order chi connectivity index (χ1) is 9.44. The summed E-state index contributed by atoms with van der Waals surface area (Å²) in [5, 5.41) is 3.47. The zero-order chi connectivity index (χ0) is 14.6. The Morgan fingerprint density at radius 2 is 2.20 bits per heavy atom. The van der Waals surface area contributed by atoms with Gasteiger partial charge in [-0.25, -0.2) is 13.1 Å². The van der Waals surface area contributed by atoms with Gasteiger partial charge in [-0.1, -0.05) is 5.16 Å². The lowest BCUT2D eigenvalue weighted by molar-refractivity contribution is -0.114. The summed E-state index contributed by atoms with van der Waals surface area (Å²) in [7, 11) is -3.81. The third kappa shape index (κ3) is 4.09. The van der Waals surface area contributed by atoms with Crippen LogP contribution in [0.2, 0.25) is 0 Å². The van der Waals surface area contributed by atoms with Gasteiger partial charge in [-0.2, -0.15) is 0 Å². The number of carbonyl (C=O) groups excluding carboxylic acids is 1. The zero-order valence-corrected chi connectivity index (χ0v) is 11.4. The molecule has 0 fully saturated rings. The van der Waals surface area contributed by atoms with E-state index in [2.05, 4.69) is 9.68 Å². The Morgan fingerprint density at radius 3 is 2.80 bits per heavy atom. The lowest BCUT2D eigenvalue weighted by atomic mass is 10.4. The minimum atomic E-state index is -3.81. The van der Waals surface area contributed by atoms with Crippen LogP contribution in [0.5, 0.6) is 0 Å². The highest BCUT2D eigenvalue weighted by atomic mass is 32.2. The minimum Gasteiger partial charge on any atom is -0.462 e. The molecule has 0 saturated heterocycles. The molecule has 0 unspecified atom stereocenters. The van der Waals surface area contributed by atoms with Gasteiger partial charge in [0.15, 0.2) is 0 Å². The Bertz CT molecular complexity index is 713. The number of furan rings is 1. The van der Waals surface area contributed by atoms with Gasteiger partial charge in [0, 0.05) is 12.1 Å². The molecule has 1 amide bonds. The first-order valence-electron chi connectivity index (χ1n) is 5.63. The Morgan fingerprint density at radius 1 is 1.40 bits per heavy atom. The van der Waals surface area contributed by atoms with Crippen LogP contribution < -0.4 is 4.72 Å². The molecule has 8 heteroatoms. The second-order valence-corrected chi connectivity index (χ2v) is 5.72. The van der Waals surface area contributed by atoms with E-state index < -0.39 is 21.7 Å². The Labute approximate surface area is 115 Å². The van der Waals surface area contributed by atoms with Crippen LogP contribution in [-0.2, 0) is 20.6 Å². The molecule has 2 aromatic rings. The van der Waals surface area contributed by atoms with Crippen molar-refractivity contribution >= 4 is 22.0 Å². The molecule has 1 N–H and O–H groups in total. The molecule has 2 rings (SSSR count). The van der Waals surface area contributed by atoms with Gasteiger partial charge < -0.3 is 8.94 Å². The van der Waals surface area contributed by atoms with E-state index in [1.54, 1.807) is 19.1 Å². The molecular formula is C12H12N2O5S. The highest BCUT2D eigenvalue weighted by Crippen LogP contribution is 2.08. The second-order valence-electron chi connectivity index (χ2n) is 4.00. The van der Waals surface area contributed by atoms with Gasteiger partial charge in [0.1, 0.15) is 29.2 Å². The number of carbonyl (C=O) groups is 1. The van der Waals surface area contributed by atoms with Crippen molar-refractivity contribution in [1.29, 1.82) is 0 Å². The normalized spacial score (nSPS) is 11.8. The number of nitrogens with one attached hydrogen (secondary N) is 1. The number of rotatable bonds is 5. The number of sulfonamides is 1. The van der Waals surface area contributed by atoms with E-state index >= 15 is 0 Å². The molecule has 2 aromatic heterocycles. The average Bonchev–Trinajstić information content (AvgIpc) is 2.97. The molecule has 0 aliphatic rings. The van der Waals surface area contributed by atoms with Crippen molar-refractivity contribution in [2.45, 2.75) is 12.7 Å². The third-order valence-corrected chi connectivity index (χ3v) is 3.43. The molecule has 0 saturated carbocycles. The number of hydrogen-bond acceptors (Lipinski definition) is 6. The quantitative estimate of drug-likeness (QED) is 0.833. The van der Waals surface area contributed by atoms with Gasteiger partial charge in [-0.3, -0.25) is 4.79 Å². The zero-order valence-electron chi connectivity index (χ0n) is 10.6. The largest absolute Gasteiger partial charge is 0.462 e. The van der Waals surface area contributed by atoms with Crippen molar-refractivity contribution in [3.8, 4) is 0 Å². The SMILES string of the molecule is Cc1ccc(C=CC(=O)NS(=O)(=O)Cc2ccon2)o1. The van der Waals surface area contributed by atoms with E-state index in [0.717, 1.165) is 6.08 Å². The van der Waals surface area contributed by atoms with E-state index in [0.29, 0.717) is 11.5 Å². The van der Waals surface area contributed by atoms with E-state index in [1.165, 1.54) is 18.4 Å². The molecule has 0 bridgehead atoms. The molecule has 7 nitrogen and oxygen atoms in total. The van der Waals surface area contributed by atoms with Crippen LogP contribution in [0.4, 0.5) is 0 Å². The number of aryl methyl sites for hydroxylation is 1. The van der Waals surface area contributed by atoms with Gasteiger partial charge >= 0.3 is 0 Å². The summed E-state index contributed by atoms with van der Waals surface area (Å²) in [5.41, 5.74) is 0.218. The Balaban J connectivity index is 1.95. The first-order valence-corrected chi connectivity index (χ1v) is 7.28. The van der Waals surface area contributed by atoms with Crippen molar-refractivity contribution in [3.05, 3.63) is 47.8 Å². The summed E-state index contributed by atoms with van der Waals surface area (Å²) in [6.07, 6.45) is 3.72. The predicted molar refractivity (Wildman–Crippen MR) is 69.7 cm³/mol.